The van der Waals surface area contributed by atoms with Crippen LogP contribution in [0.4, 0.5) is 0 Å². The van der Waals surface area contributed by atoms with Gasteiger partial charge in [0, 0.05) is 12.8 Å². The van der Waals surface area contributed by atoms with Crippen LogP contribution >= 0.6 is 0 Å². The second-order valence-electron chi connectivity index (χ2n) is 13.1. The van der Waals surface area contributed by atoms with Crippen LogP contribution < -0.4 is 0 Å². The van der Waals surface area contributed by atoms with Gasteiger partial charge in [-0.15, -0.1) is 0 Å². The number of esters is 2. The fourth-order valence-corrected chi connectivity index (χ4v) is 7.28. The van der Waals surface area contributed by atoms with Gasteiger partial charge in [-0.3, -0.25) is 9.59 Å². The van der Waals surface area contributed by atoms with E-state index in [0.717, 1.165) is 69.8 Å². The molecule has 0 fully saturated rings. The highest BCUT2D eigenvalue weighted by molar-refractivity contribution is 7.93. The van der Waals surface area contributed by atoms with Gasteiger partial charge in [-0.1, -0.05) is 73.9 Å². The Hall–Kier alpha value is -2.40. The van der Waals surface area contributed by atoms with Gasteiger partial charge in [0.1, 0.15) is 0 Å². The minimum absolute atomic E-state index is 0.161. The number of benzene rings is 1. The second-order valence-corrected chi connectivity index (χ2v) is 15.4. The highest BCUT2D eigenvalue weighted by Crippen LogP contribution is 2.38. The molecule has 0 saturated heterocycles. The third kappa shape index (κ3) is 12.3. The van der Waals surface area contributed by atoms with Crippen LogP contribution in [-0.4, -0.2) is 38.4 Å². The highest BCUT2D eigenvalue weighted by Gasteiger charge is 2.53. The van der Waals surface area contributed by atoms with Crippen LogP contribution in [0.1, 0.15) is 137 Å². The molecule has 0 amide bonds. The third-order valence-electron chi connectivity index (χ3n) is 8.46. The average molecular weight is 621 g/mol. The van der Waals surface area contributed by atoms with Crippen molar-refractivity contribution in [2.75, 3.05) is 13.2 Å². The van der Waals surface area contributed by atoms with E-state index < -0.39 is 25.5 Å². The quantitative estimate of drug-likeness (QED) is 0.0949. The number of aryl methyl sites for hydroxylation is 1. The molecule has 0 aliphatic heterocycles. The molecule has 1 rings (SSSR count). The predicted molar refractivity (Wildman–Crippen MR) is 175 cm³/mol. The van der Waals surface area contributed by atoms with Gasteiger partial charge in [-0.05, 0) is 86.3 Å². The summed E-state index contributed by atoms with van der Waals surface area (Å²) in [6.07, 6.45) is 11.1. The van der Waals surface area contributed by atoms with Gasteiger partial charge < -0.3 is 9.47 Å². The Labute approximate surface area is 262 Å². The largest absolute Gasteiger partial charge is 0.466 e. The van der Waals surface area contributed by atoms with Gasteiger partial charge in [0.05, 0.1) is 28.9 Å². The smallest absolute Gasteiger partial charge is 0.381 e. The molecule has 1 aromatic rings. The van der Waals surface area contributed by atoms with Crippen LogP contribution in [-0.2, 0) is 28.9 Å². The standard InChI is InChI=1S/C35H58NO6S/c1-9-41-31(37)33(4,5)25-17-13-11-15-19-27-35(36-8,43(39,40)30-23-21-29(3)22-24-30)28-20-16-12-14-18-26-34(6,7)32(38)42-10-2/h8,21-24H,9-20,25-28H2,1-7H3/q+1. The number of nitrogens with zero attached hydrogens (tertiary/aromatic N) is 1. The van der Waals surface area contributed by atoms with Crippen molar-refractivity contribution in [1.82, 2.24) is 0 Å². The van der Waals surface area contributed by atoms with E-state index in [2.05, 4.69) is 4.85 Å². The molecular formula is C35H58NO6S+. The minimum Gasteiger partial charge on any atom is -0.466 e. The van der Waals surface area contributed by atoms with E-state index in [-0.39, 0.29) is 16.8 Å². The molecule has 0 bridgehead atoms. The molecule has 0 heterocycles. The predicted octanol–water partition coefficient (Wildman–Crippen LogP) is 9.07. The molecule has 0 spiro atoms. The first kappa shape index (κ1) is 38.6. The number of hydrogen-bond donors (Lipinski definition) is 0. The van der Waals surface area contributed by atoms with Crippen LogP contribution in [0, 0.1) is 24.3 Å². The summed E-state index contributed by atoms with van der Waals surface area (Å²) in [6, 6.07) is 6.93. The van der Waals surface area contributed by atoms with Crippen molar-refractivity contribution in [2.24, 2.45) is 10.8 Å². The molecule has 0 unspecified atom stereocenters. The Morgan fingerprint density at radius 3 is 1.37 bits per heavy atom. The van der Waals surface area contributed by atoms with Crippen LogP contribution in [0.3, 0.4) is 0 Å². The number of carbonyl (C=O) groups excluding carboxylic acids is 2. The molecule has 1 aromatic carbocycles. The minimum atomic E-state index is -3.79. The van der Waals surface area contributed by atoms with E-state index in [1.54, 1.807) is 12.1 Å². The van der Waals surface area contributed by atoms with Gasteiger partial charge in [-0.25, -0.2) is 8.42 Å². The summed E-state index contributed by atoms with van der Waals surface area (Å²) >= 11 is 0. The van der Waals surface area contributed by atoms with Crippen molar-refractivity contribution in [3.63, 3.8) is 0 Å². The maximum Gasteiger partial charge on any atom is 0.381 e. The number of carbonyl (C=O) groups is 2. The van der Waals surface area contributed by atoms with Gasteiger partial charge in [0.15, 0.2) is 0 Å². The summed E-state index contributed by atoms with van der Waals surface area (Å²) in [5.74, 6) is -0.322. The van der Waals surface area contributed by atoms with E-state index in [0.29, 0.717) is 38.9 Å². The van der Waals surface area contributed by atoms with E-state index in [1.165, 1.54) is 0 Å². The summed E-state index contributed by atoms with van der Waals surface area (Å²) in [4.78, 5) is 27.3. The molecule has 0 aromatic heterocycles. The Morgan fingerprint density at radius 1 is 0.674 bits per heavy atom. The summed E-state index contributed by atoms with van der Waals surface area (Å²) < 4.78 is 38.2. The van der Waals surface area contributed by atoms with Crippen LogP contribution in [0.15, 0.2) is 29.2 Å². The Bertz CT molecular complexity index is 1090. The van der Waals surface area contributed by atoms with E-state index in [4.69, 9.17) is 16.0 Å². The van der Waals surface area contributed by atoms with Gasteiger partial charge in [0.25, 0.3) is 16.4 Å². The van der Waals surface area contributed by atoms with Crippen LogP contribution in [0.25, 0.3) is 4.85 Å². The lowest BCUT2D eigenvalue weighted by Gasteiger charge is -2.22. The lowest BCUT2D eigenvalue weighted by molar-refractivity contribution is -0.154. The summed E-state index contributed by atoms with van der Waals surface area (Å²) in [7, 11) is -3.79. The number of rotatable bonds is 22. The SMILES string of the molecule is C#[N+]C(CCCCCCCC(C)(C)C(=O)OCC)(CCCCCCCC(C)(C)C(=O)OCC)S(=O)(=O)c1ccc(C)cc1. The zero-order valence-electron chi connectivity index (χ0n) is 28.0. The zero-order valence-corrected chi connectivity index (χ0v) is 28.8. The molecule has 0 N–H and O–H groups in total. The molecule has 0 radical (unpaired) electrons. The third-order valence-corrected chi connectivity index (χ3v) is 10.9. The van der Waals surface area contributed by atoms with E-state index >= 15 is 0 Å². The molecular weight excluding hydrogens is 562 g/mol. The van der Waals surface area contributed by atoms with Gasteiger partial charge in [0.2, 0.25) is 0 Å². The normalized spacial score (nSPS) is 12.5. The van der Waals surface area contributed by atoms with Crippen molar-refractivity contribution in [3.8, 4) is 6.57 Å². The summed E-state index contributed by atoms with van der Waals surface area (Å²) in [6.45, 7) is 20.0. The van der Waals surface area contributed by atoms with Gasteiger partial charge in [-0.2, -0.15) is 0 Å². The highest BCUT2D eigenvalue weighted by atomic mass is 32.2. The molecule has 244 valence electrons. The average Bonchev–Trinajstić information content (AvgIpc) is 2.95. The molecule has 43 heavy (non-hydrogen) atoms. The van der Waals surface area contributed by atoms with Crippen molar-refractivity contribution < 1.29 is 27.5 Å². The first-order chi connectivity index (χ1) is 20.2. The van der Waals surface area contributed by atoms with Crippen molar-refractivity contribution in [2.45, 2.75) is 148 Å². The zero-order chi connectivity index (χ0) is 32.6. The molecule has 0 saturated carbocycles. The van der Waals surface area contributed by atoms with Crippen LogP contribution in [0.5, 0.6) is 0 Å². The van der Waals surface area contributed by atoms with Crippen molar-refractivity contribution >= 4 is 21.8 Å². The monoisotopic (exact) mass is 620 g/mol. The number of sulfone groups is 1. The Morgan fingerprint density at radius 2 is 1.02 bits per heavy atom. The van der Waals surface area contributed by atoms with Crippen LogP contribution in [0.2, 0.25) is 0 Å². The summed E-state index contributed by atoms with van der Waals surface area (Å²) in [5.41, 5.74) is -0.00229. The Kier molecular flexibility index (Phi) is 16.5. The lowest BCUT2D eigenvalue weighted by atomic mass is 9.86. The van der Waals surface area contributed by atoms with E-state index in [9.17, 15) is 18.0 Å². The van der Waals surface area contributed by atoms with Crippen molar-refractivity contribution in [1.29, 1.82) is 0 Å². The maximum absolute atomic E-state index is 13.9. The molecule has 8 heteroatoms. The van der Waals surface area contributed by atoms with Crippen molar-refractivity contribution in [3.05, 3.63) is 34.7 Å². The first-order valence-electron chi connectivity index (χ1n) is 16.3. The molecule has 0 aliphatic carbocycles. The Balaban J connectivity index is 2.73. The van der Waals surface area contributed by atoms with E-state index in [1.807, 2.05) is 60.6 Å². The summed E-state index contributed by atoms with van der Waals surface area (Å²) in [5, 5.41) is 0. The van der Waals surface area contributed by atoms with Gasteiger partial charge >= 0.3 is 16.8 Å². The number of hydrogen-bond acceptors (Lipinski definition) is 6. The fraction of sp³-hybridized carbons (Fsp3) is 0.743. The number of ether oxygens (including phenoxy) is 2. The lowest BCUT2D eigenvalue weighted by Crippen LogP contribution is -2.35. The first-order valence-corrected chi connectivity index (χ1v) is 17.8. The number of unbranched alkanes of at least 4 members (excludes halogenated alkanes) is 8. The maximum atomic E-state index is 13.9. The molecule has 0 atom stereocenters. The molecule has 7 nitrogen and oxygen atoms in total. The topological polar surface area (TPSA) is 91.1 Å². The second kappa shape index (κ2) is 18.4. The molecule has 0 aliphatic rings. The fourth-order valence-electron chi connectivity index (χ4n) is 5.38.